The van der Waals surface area contributed by atoms with Crippen molar-refractivity contribution in [2.24, 2.45) is 4.99 Å². The normalized spacial score (nSPS) is 17.2. The third-order valence-electron chi connectivity index (χ3n) is 6.77. The summed E-state index contributed by atoms with van der Waals surface area (Å²) in [5, 5.41) is 0.552. The molecule has 0 radical (unpaired) electrons. The van der Waals surface area contributed by atoms with Crippen molar-refractivity contribution in [2.45, 2.75) is 45.8 Å². The first-order valence-electron chi connectivity index (χ1n) is 13.2. The van der Waals surface area contributed by atoms with Gasteiger partial charge >= 0.3 is 5.97 Å². The summed E-state index contributed by atoms with van der Waals surface area (Å²) in [5.74, 6) is 0.0620. The molecule has 1 saturated heterocycles. The van der Waals surface area contributed by atoms with Gasteiger partial charge in [-0.3, -0.25) is 14.2 Å². The van der Waals surface area contributed by atoms with Crippen LogP contribution in [0.3, 0.4) is 0 Å². The molecule has 1 aromatic heterocycles. The van der Waals surface area contributed by atoms with E-state index >= 15 is 0 Å². The molecule has 208 valence electrons. The zero-order valence-electron chi connectivity index (χ0n) is 22.6. The molecular formula is C30H30ClN3O5S. The highest BCUT2D eigenvalue weighted by atomic mass is 35.5. The van der Waals surface area contributed by atoms with E-state index in [-0.39, 0.29) is 24.2 Å². The Hall–Kier alpha value is -3.69. The molecule has 10 heteroatoms. The van der Waals surface area contributed by atoms with E-state index in [0.29, 0.717) is 31.4 Å². The average Bonchev–Trinajstić information content (AvgIpc) is 3.56. The summed E-state index contributed by atoms with van der Waals surface area (Å²) < 4.78 is 13.2. The summed E-state index contributed by atoms with van der Waals surface area (Å²) in [4.78, 5) is 46.1. The van der Waals surface area contributed by atoms with E-state index in [4.69, 9.17) is 21.1 Å². The number of carbonyl (C=O) groups is 2. The molecule has 2 aliphatic heterocycles. The molecule has 0 N–H and O–H groups in total. The number of thiazole rings is 1. The van der Waals surface area contributed by atoms with Crippen molar-refractivity contribution in [2.75, 3.05) is 19.7 Å². The molecule has 0 spiro atoms. The Balaban J connectivity index is 1.46. The van der Waals surface area contributed by atoms with Crippen LogP contribution in [0.25, 0.3) is 6.08 Å². The number of aromatic nitrogens is 1. The van der Waals surface area contributed by atoms with Crippen LogP contribution < -0.4 is 19.6 Å². The highest BCUT2D eigenvalue weighted by Gasteiger charge is 2.33. The number of ether oxygens (including phenoxy) is 2. The Morgan fingerprint density at radius 1 is 1.10 bits per heavy atom. The second-order valence-electron chi connectivity index (χ2n) is 10.0. The molecule has 3 aromatic rings. The maximum Gasteiger partial charge on any atom is 0.338 e. The van der Waals surface area contributed by atoms with Gasteiger partial charge in [0.1, 0.15) is 5.75 Å². The molecule has 1 amide bonds. The van der Waals surface area contributed by atoms with Gasteiger partial charge in [0.2, 0.25) is 0 Å². The largest absolute Gasteiger partial charge is 0.484 e. The summed E-state index contributed by atoms with van der Waals surface area (Å²) in [6.07, 6.45) is 3.53. The number of nitrogens with zero attached hydrogens (tertiary/aromatic N) is 3. The number of allylic oxidation sites excluding steroid dienone is 1. The summed E-state index contributed by atoms with van der Waals surface area (Å²) in [6.45, 7) is 6.89. The second kappa shape index (κ2) is 11.8. The predicted molar refractivity (Wildman–Crippen MR) is 154 cm³/mol. The van der Waals surface area contributed by atoms with Crippen molar-refractivity contribution < 1.29 is 19.1 Å². The predicted octanol–water partition coefficient (Wildman–Crippen LogP) is 3.84. The van der Waals surface area contributed by atoms with E-state index in [2.05, 4.69) is 4.99 Å². The number of hydrogen-bond donors (Lipinski definition) is 0. The van der Waals surface area contributed by atoms with Crippen molar-refractivity contribution in [1.29, 1.82) is 0 Å². The lowest BCUT2D eigenvalue weighted by molar-refractivity contribution is -0.143. The quantitative estimate of drug-likeness (QED) is 0.397. The minimum Gasteiger partial charge on any atom is -0.484 e. The number of amides is 1. The van der Waals surface area contributed by atoms with Gasteiger partial charge in [-0.05, 0) is 75.1 Å². The third-order valence-corrected chi connectivity index (χ3v) is 8.00. The molecule has 8 nitrogen and oxygen atoms in total. The van der Waals surface area contributed by atoms with Crippen molar-refractivity contribution >= 4 is 40.9 Å². The van der Waals surface area contributed by atoms with Crippen molar-refractivity contribution in [3.8, 4) is 5.75 Å². The summed E-state index contributed by atoms with van der Waals surface area (Å²) in [7, 11) is 0. The van der Waals surface area contributed by atoms with E-state index in [1.165, 1.54) is 11.3 Å². The SMILES string of the molecule is CC1=C(C(=O)OC(C)C)[C@@H](c2ccc(Cl)cc2)n2c(s/c(=C/c3ccc(OCC(=O)N4CCCC4)cc3)c2=O)=N1. The van der Waals surface area contributed by atoms with E-state index in [1.807, 2.05) is 17.0 Å². The number of halogens is 1. The molecule has 1 atom stereocenters. The fraction of sp³-hybridized carbons (Fsp3) is 0.333. The molecule has 0 aliphatic carbocycles. The van der Waals surface area contributed by atoms with Crippen molar-refractivity contribution in [1.82, 2.24) is 9.47 Å². The first-order valence-corrected chi connectivity index (χ1v) is 14.4. The molecule has 0 unspecified atom stereocenters. The van der Waals surface area contributed by atoms with Crippen LogP contribution in [0.15, 0.2) is 69.6 Å². The Kier molecular flexibility index (Phi) is 8.23. The lowest BCUT2D eigenvalue weighted by atomic mass is 9.96. The molecule has 3 heterocycles. The number of likely N-dealkylation sites (tertiary alicyclic amines) is 1. The molecule has 0 saturated carbocycles. The Morgan fingerprint density at radius 3 is 2.42 bits per heavy atom. The first kappa shape index (κ1) is 27.9. The minimum atomic E-state index is -0.703. The van der Waals surface area contributed by atoms with Crippen LogP contribution in [0.2, 0.25) is 5.02 Å². The van der Waals surface area contributed by atoms with Gasteiger partial charge in [-0.2, -0.15) is 0 Å². The average molecular weight is 580 g/mol. The van der Waals surface area contributed by atoms with Crippen LogP contribution in [0.4, 0.5) is 0 Å². The zero-order valence-corrected chi connectivity index (χ0v) is 24.1. The fourth-order valence-electron chi connectivity index (χ4n) is 4.84. The van der Waals surface area contributed by atoms with Crippen LogP contribution in [0.5, 0.6) is 5.75 Å². The summed E-state index contributed by atoms with van der Waals surface area (Å²) in [5.41, 5.74) is 2.08. The number of fused-ring (bicyclic) bond motifs is 1. The zero-order chi connectivity index (χ0) is 28.4. The fourth-order valence-corrected chi connectivity index (χ4v) is 6.01. The maximum absolute atomic E-state index is 13.8. The first-order chi connectivity index (χ1) is 19.2. The van der Waals surface area contributed by atoms with Gasteiger partial charge in [-0.25, -0.2) is 9.79 Å². The van der Waals surface area contributed by atoms with E-state index in [0.717, 1.165) is 37.1 Å². The van der Waals surface area contributed by atoms with Gasteiger partial charge in [-0.1, -0.05) is 47.2 Å². The van der Waals surface area contributed by atoms with Crippen LogP contribution >= 0.6 is 22.9 Å². The van der Waals surface area contributed by atoms with Gasteiger partial charge in [0.15, 0.2) is 11.4 Å². The minimum absolute atomic E-state index is 0.00354. The standard InChI is InChI=1S/C30H30ClN3O5S/c1-18(2)39-29(37)26-19(3)32-30-34(27(26)21-8-10-22(31)11-9-21)28(36)24(40-30)16-20-6-12-23(13-7-20)38-17-25(35)33-14-4-5-15-33/h6-13,16,18,27H,4-5,14-15,17H2,1-3H3/b24-16+/t27-/m1/s1. The Labute approximate surface area is 240 Å². The number of carbonyl (C=O) groups excluding carboxylic acids is 2. The van der Waals surface area contributed by atoms with Crippen LogP contribution in [-0.4, -0.2) is 47.1 Å². The number of rotatable bonds is 7. The van der Waals surface area contributed by atoms with E-state index in [9.17, 15) is 14.4 Å². The molecular weight excluding hydrogens is 550 g/mol. The Morgan fingerprint density at radius 2 is 1.77 bits per heavy atom. The van der Waals surface area contributed by atoms with Crippen molar-refractivity contribution in [3.05, 3.63) is 95.6 Å². The third kappa shape index (κ3) is 5.90. The smallest absolute Gasteiger partial charge is 0.338 e. The summed E-state index contributed by atoms with van der Waals surface area (Å²) >= 11 is 7.38. The second-order valence-corrected chi connectivity index (χ2v) is 11.5. The molecule has 5 rings (SSSR count). The maximum atomic E-state index is 13.8. The molecule has 1 fully saturated rings. The summed E-state index contributed by atoms with van der Waals surface area (Å²) in [6, 6.07) is 13.6. The number of benzene rings is 2. The van der Waals surface area contributed by atoms with Gasteiger partial charge in [0, 0.05) is 18.1 Å². The van der Waals surface area contributed by atoms with Crippen LogP contribution in [0, 0.1) is 0 Å². The lowest BCUT2D eigenvalue weighted by Crippen LogP contribution is -2.40. The number of hydrogen-bond acceptors (Lipinski definition) is 7. The van der Waals surface area contributed by atoms with Crippen LogP contribution in [-0.2, 0) is 14.3 Å². The highest BCUT2D eigenvalue weighted by molar-refractivity contribution is 7.07. The molecule has 0 bridgehead atoms. The topological polar surface area (TPSA) is 90.2 Å². The van der Waals surface area contributed by atoms with Gasteiger partial charge < -0.3 is 14.4 Å². The molecule has 2 aliphatic rings. The van der Waals surface area contributed by atoms with Crippen LogP contribution in [0.1, 0.15) is 50.8 Å². The van der Waals surface area contributed by atoms with Gasteiger partial charge in [0.25, 0.3) is 11.5 Å². The molecule has 40 heavy (non-hydrogen) atoms. The van der Waals surface area contributed by atoms with Crippen molar-refractivity contribution in [3.63, 3.8) is 0 Å². The lowest BCUT2D eigenvalue weighted by Gasteiger charge is -2.25. The van der Waals surface area contributed by atoms with E-state index in [1.54, 1.807) is 67.8 Å². The Bertz CT molecular complexity index is 1630. The van der Waals surface area contributed by atoms with E-state index < -0.39 is 12.0 Å². The van der Waals surface area contributed by atoms with Gasteiger partial charge in [0.05, 0.1) is 27.9 Å². The monoisotopic (exact) mass is 579 g/mol. The molecule has 2 aromatic carbocycles. The number of esters is 1. The van der Waals surface area contributed by atoms with Gasteiger partial charge in [-0.15, -0.1) is 0 Å². The highest BCUT2D eigenvalue weighted by Crippen LogP contribution is 2.31.